The maximum Gasteiger partial charge on any atom is 0.311 e. The molecule has 2 rings (SSSR count). The molecule has 0 atom stereocenters. The number of rotatable bonds is 3. The van der Waals surface area contributed by atoms with Gasteiger partial charge in [0.1, 0.15) is 11.6 Å². The van der Waals surface area contributed by atoms with Gasteiger partial charge in [-0.25, -0.2) is 4.98 Å². The van der Waals surface area contributed by atoms with Crippen LogP contribution >= 0.6 is 0 Å². The van der Waals surface area contributed by atoms with Gasteiger partial charge in [-0.3, -0.25) is 4.79 Å². The van der Waals surface area contributed by atoms with Crippen molar-refractivity contribution in [2.75, 3.05) is 30.8 Å². The van der Waals surface area contributed by atoms with E-state index in [1.54, 1.807) is 6.07 Å². The Hall–Kier alpha value is -1.78. The van der Waals surface area contributed by atoms with Gasteiger partial charge in [0, 0.05) is 13.1 Å². The Morgan fingerprint density at radius 3 is 2.60 bits per heavy atom. The minimum Gasteiger partial charge on any atom is -0.469 e. The van der Waals surface area contributed by atoms with E-state index in [0.717, 1.165) is 31.7 Å². The third-order valence-electron chi connectivity index (χ3n) is 4.31. The highest BCUT2D eigenvalue weighted by molar-refractivity contribution is 5.76. The predicted octanol–water partition coefficient (Wildman–Crippen LogP) is 2.08. The van der Waals surface area contributed by atoms with Crippen molar-refractivity contribution in [2.45, 2.75) is 26.7 Å². The number of nitrogen functional groups attached to an aromatic ring is 1. The topological polar surface area (TPSA) is 68.5 Å². The standard InChI is InChI=1S/C15H23N3O2/c1-15(2,14(19)20-3)11-7-9-18(10-8-11)13-6-4-5-12(16)17-13/h4-6,11H,7-10H2,1-3H3,(H2,16,17). The number of nitrogens with two attached hydrogens (primary N) is 1. The molecule has 2 N–H and O–H groups in total. The second kappa shape index (κ2) is 5.69. The van der Waals surface area contributed by atoms with Gasteiger partial charge in [0.05, 0.1) is 12.5 Å². The SMILES string of the molecule is COC(=O)C(C)(C)C1CCN(c2cccc(N)n2)CC1. The summed E-state index contributed by atoms with van der Waals surface area (Å²) in [5.41, 5.74) is 5.29. The fraction of sp³-hybridized carbons (Fsp3) is 0.600. The van der Waals surface area contributed by atoms with E-state index in [1.807, 2.05) is 26.0 Å². The van der Waals surface area contributed by atoms with E-state index in [-0.39, 0.29) is 5.97 Å². The molecule has 0 aliphatic carbocycles. The largest absolute Gasteiger partial charge is 0.469 e. The Balaban J connectivity index is 2.01. The molecule has 5 nitrogen and oxygen atoms in total. The molecule has 20 heavy (non-hydrogen) atoms. The number of ether oxygens (including phenoxy) is 1. The van der Waals surface area contributed by atoms with Crippen molar-refractivity contribution in [3.63, 3.8) is 0 Å². The van der Waals surface area contributed by atoms with Crippen molar-refractivity contribution in [3.05, 3.63) is 18.2 Å². The van der Waals surface area contributed by atoms with Gasteiger partial charge >= 0.3 is 5.97 Å². The first kappa shape index (κ1) is 14.6. The summed E-state index contributed by atoms with van der Waals surface area (Å²) in [6.45, 7) is 5.72. The van der Waals surface area contributed by atoms with Crippen molar-refractivity contribution < 1.29 is 9.53 Å². The lowest BCUT2D eigenvalue weighted by Crippen LogP contribution is -2.42. The molecule has 5 heteroatoms. The number of hydrogen-bond acceptors (Lipinski definition) is 5. The molecule has 0 aromatic carbocycles. The van der Waals surface area contributed by atoms with Crippen LogP contribution in [0.25, 0.3) is 0 Å². The van der Waals surface area contributed by atoms with E-state index in [2.05, 4.69) is 9.88 Å². The van der Waals surface area contributed by atoms with E-state index >= 15 is 0 Å². The van der Waals surface area contributed by atoms with E-state index in [4.69, 9.17) is 10.5 Å². The summed E-state index contributed by atoms with van der Waals surface area (Å²) in [6.07, 6.45) is 1.91. The Labute approximate surface area is 120 Å². The fourth-order valence-electron chi connectivity index (χ4n) is 2.88. The highest BCUT2D eigenvalue weighted by Crippen LogP contribution is 2.36. The zero-order valence-electron chi connectivity index (χ0n) is 12.4. The predicted molar refractivity (Wildman–Crippen MR) is 79.4 cm³/mol. The molecule has 1 aromatic rings. The Morgan fingerprint density at radius 1 is 1.40 bits per heavy atom. The van der Waals surface area contributed by atoms with Crippen molar-refractivity contribution in [2.24, 2.45) is 11.3 Å². The number of piperidine rings is 1. The zero-order chi connectivity index (χ0) is 14.8. The van der Waals surface area contributed by atoms with Crippen LogP contribution in [0.4, 0.5) is 11.6 Å². The molecule has 1 fully saturated rings. The second-order valence-corrected chi connectivity index (χ2v) is 5.90. The average Bonchev–Trinajstić information content (AvgIpc) is 2.46. The second-order valence-electron chi connectivity index (χ2n) is 5.90. The maximum atomic E-state index is 11.9. The van der Waals surface area contributed by atoms with Gasteiger partial charge in [-0.15, -0.1) is 0 Å². The third-order valence-corrected chi connectivity index (χ3v) is 4.31. The van der Waals surface area contributed by atoms with Gasteiger partial charge in [-0.2, -0.15) is 0 Å². The van der Waals surface area contributed by atoms with Crippen LogP contribution in [-0.2, 0) is 9.53 Å². The van der Waals surface area contributed by atoms with Crippen LogP contribution in [0.2, 0.25) is 0 Å². The summed E-state index contributed by atoms with van der Waals surface area (Å²) >= 11 is 0. The monoisotopic (exact) mass is 277 g/mol. The number of carbonyl (C=O) groups is 1. The minimum atomic E-state index is -0.427. The van der Waals surface area contributed by atoms with Crippen molar-refractivity contribution >= 4 is 17.6 Å². The first-order chi connectivity index (χ1) is 9.45. The molecular formula is C15H23N3O2. The van der Waals surface area contributed by atoms with E-state index < -0.39 is 5.41 Å². The number of pyridine rings is 1. The van der Waals surface area contributed by atoms with E-state index in [1.165, 1.54) is 7.11 Å². The number of hydrogen-bond donors (Lipinski definition) is 1. The summed E-state index contributed by atoms with van der Waals surface area (Å²) in [6, 6.07) is 5.68. The summed E-state index contributed by atoms with van der Waals surface area (Å²) < 4.78 is 4.91. The highest BCUT2D eigenvalue weighted by Gasteiger charge is 2.39. The molecule has 110 valence electrons. The van der Waals surface area contributed by atoms with Crippen molar-refractivity contribution in [3.8, 4) is 0 Å². The number of nitrogens with zero attached hydrogens (tertiary/aromatic N) is 2. The lowest BCUT2D eigenvalue weighted by molar-refractivity contribution is -0.154. The number of anilines is 2. The number of aromatic nitrogens is 1. The molecule has 0 unspecified atom stereocenters. The van der Waals surface area contributed by atoms with Crippen LogP contribution < -0.4 is 10.6 Å². The highest BCUT2D eigenvalue weighted by atomic mass is 16.5. The van der Waals surface area contributed by atoms with E-state index in [0.29, 0.717) is 11.7 Å². The van der Waals surface area contributed by atoms with Gasteiger partial charge in [-0.1, -0.05) is 6.07 Å². The zero-order valence-corrected chi connectivity index (χ0v) is 12.4. The molecule has 2 heterocycles. The third kappa shape index (κ3) is 2.86. The lowest BCUT2D eigenvalue weighted by Gasteiger charge is -2.39. The van der Waals surface area contributed by atoms with Crippen LogP contribution in [0, 0.1) is 11.3 Å². The van der Waals surface area contributed by atoms with Gasteiger partial charge in [0.2, 0.25) is 0 Å². The van der Waals surface area contributed by atoms with E-state index in [9.17, 15) is 4.79 Å². The van der Waals surface area contributed by atoms with Gasteiger partial charge < -0.3 is 15.4 Å². The minimum absolute atomic E-state index is 0.127. The molecular weight excluding hydrogens is 254 g/mol. The Morgan fingerprint density at radius 2 is 2.05 bits per heavy atom. The molecule has 0 radical (unpaired) electrons. The van der Waals surface area contributed by atoms with Crippen molar-refractivity contribution in [1.29, 1.82) is 0 Å². The van der Waals surface area contributed by atoms with Crippen LogP contribution in [0.1, 0.15) is 26.7 Å². The molecule has 1 aliphatic heterocycles. The molecule has 1 saturated heterocycles. The van der Waals surface area contributed by atoms with Crippen LogP contribution in [0.5, 0.6) is 0 Å². The van der Waals surface area contributed by atoms with Crippen LogP contribution in [-0.4, -0.2) is 31.2 Å². The smallest absolute Gasteiger partial charge is 0.311 e. The van der Waals surface area contributed by atoms with Crippen molar-refractivity contribution in [1.82, 2.24) is 4.98 Å². The molecule has 0 bridgehead atoms. The Kier molecular flexibility index (Phi) is 4.16. The summed E-state index contributed by atoms with van der Waals surface area (Å²) in [5.74, 6) is 1.67. The Bertz CT molecular complexity index is 480. The molecule has 0 saturated carbocycles. The first-order valence-electron chi connectivity index (χ1n) is 7.01. The van der Waals surface area contributed by atoms with Crippen LogP contribution in [0.3, 0.4) is 0 Å². The normalized spacial score (nSPS) is 17.1. The first-order valence-corrected chi connectivity index (χ1v) is 7.01. The average molecular weight is 277 g/mol. The van der Waals surface area contributed by atoms with Crippen LogP contribution in [0.15, 0.2) is 18.2 Å². The lowest BCUT2D eigenvalue weighted by atomic mass is 9.73. The molecule has 0 spiro atoms. The molecule has 1 aliphatic rings. The number of methoxy groups -OCH3 is 1. The number of esters is 1. The maximum absolute atomic E-state index is 11.9. The summed E-state index contributed by atoms with van der Waals surface area (Å²) in [5, 5.41) is 0. The molecule has 1 aromatic heterocycles. The van der Waals surface area contributed by atoms with Gasteiger partial charge in [-0.05, 0) is 44.7 Å². The molecule has 0 amide bonds. The summed E-state index contributed by atoms with van der Waals surface area (Å²) in [7, 11) is 1.45. The van der Waals surface area contributed by atoms with Gasteiger partial charge in [0.25, 0.3) is 0 Å². The fourth-order valence-corrected chi connectivity index (χ4v) is 2.88. The number of carbonyl (C=O) groups excluding carboxylic acids is 1. The quantitative estimate of drug-likeness (QED) is 0.857. The van der Waals surface area contributed by atoms with Gasteiger partial charge in [0.15, 0.2) is 0 Å². The summed E-state index contributed by atoms with van der Waals surface area (Å²) in [4.78, 5) is 18.4.